The van der Waals surface area contributed by atoms with Crippen molar-refractivity contribution in [3.05, 3.63) is 0 Å². The minimum absolute atomic E-state index is 0.0157. The molecule has 0 aliphatic carbocycles. The summed E-state index contributed by atoms with van der Waals surface area (Å²) in [6.07, 6.45) is 2.79. The van der Waals surface area contributed by atoms with Crippen molar-refractivity contribution in [3.63, 3.8) is 0 Å². The van der Waals surface area contributed by atoms with Crippen LogP contribution in [0.1, 0.15) is 39.5 Å². The lowest BCUT2D eigenvalue weighted by molar-refractivity contribution is -0.137. The van der Waals surface area contributed by atoms with Crippen molar-refractivity contribution in [3.8, 4) is 0 Å². The van der Waals surface area contributed by atoms with E-state index in [1.165, 1.54) is 0 Å². The first kappa shape index (κ1) is 14.8. The lowest BCUT2D eigenvalue weighted by Crippen LogP contribution is -2.47. The van der Waals surface area contributed by atoms with E-state index in [1.807, 2.05) is 4.90 Å². The molecule has 0 aromatic heterocycles. The number of hydrogen-bond donors (Lipinski definition) is 2. The molecule has 1 heterocycles. The number of rotatable bonds is 7. The van der Waals surface area contributed by atoms with Crippen molar-refractivity contribution in [2.24, 2.45) is 11.8 Å². The fourth-order valence-corrected chi connectivity index (χ4v) is 2.33. The Hall–Kier alpha value is -1.26. The fourth-order valence-electron chi connectivity index (χ4n) is 2.33. The largest absolute Gasteiger partial charge is 0.481 e. The van der Waals surface area contributed by atoms with Gasteiger partial charge in [-0.3, -0.25) is 4.79 Å². The van der Waals surface area contributed by atoms with Gasteiger partial charge in [-0.2, -0.15) is 0 Å². The average molecular weight is 256 g/mol. The first-order chi connectivity index (χ1) is 8.50. The molecule has 1 fully saturated rings. The summed E-state index contributed by atoms with van der Waals surface area (Å²) in [6.45, 7) is 6.54. The molecular weight excluding hydrogens is 232 g/mol. The summed E-state index contributed by atoms with van der Waals surface area (Å²) in [6, 6.07) is 0.0157. The number of carboxylic acid groups (broad SMARTS) is 1. The van der Waals surface area contributed by atoms with Crippen molar-refractivity contribution in [2.75, 3.05) is 19.6 Å². The lowest BCUT2D eigenvalue weighted by Gasteiger charge is -2.30. The van der Waals surface area contributed by atoms with Crippen LogP contribution in [0.5, 0.6) is 0 Å². The minimum Gasteiger partial charge on any atom is -0.481 e. The Kier molecular flexibility index (Phi) is 5.95. The van der Waals surface area contributed by atoms with Crippen molar-refractivity contribution >= 4 is 12.0 Å². The van der Waals surface area contributed by atoms with Gasteiger partial charge in [-0.1, -0.05) is 13.8 Å². The number of urea groups is 1. The molecule has 104 valence electrons. The Balaban J connectivity index is 2.36. The van der Waals surface area contributed by atoms with Gasteiger partial charge in [-0.15, -0.1) is 0 Å². The zero-order chi connectivity index (χ0) is 13.5. The Labute approximate surface area is 109 Å². The van der Waals surface area contributed by atoms with Gasteiger partial charge in [0.05, 0.1) is 0 Å². The molecule has 2 N–H and O–H groups in total. The van der Waals surface area contributed by atoms with Gasteiger partial charge in [0, 0.05) is 26.1 Å². The number of nitrogens with one attached hydrogen (secondary N) is 1. The van der Waals surface area contributed by atoms with Crippen LogP contribution < -0.4 is 5.32 Å². The van der Waals surface area contributed by atoms with E-state index in [1.54, 1.807) is 0 Å². The second kappa shape index (κ2) is 7.24. The second-order valence-corrected chi connectivity index (χ2v) is 5.30. The lowest BCUT2D eigenvalue weighted by atomic mass is 9.88. The summed E-state index contributed by atoms with van der Waals surface area (Å²) in [7, 11) is 0. The van der Waals surface area contributed by atoms with Crippen LogP contribution in [0.25, 0.3) is 0 Å². The molecule has 0 saturated carbocycles. The highest BCUT2D eigenvalue weighted by Crippen LogP contribution is 2.21. The highest BCUT2D eigenvalue weighted by atomic mass is 16.4. The summed E-state index contributed by atoms with van der Waals surface area (Å²) < 4.78 is 0. The molecule has 1 rings (SSSR count). The van der Waals surface area contributed by atoms with Gasteiger partial charge in [0.2, 0.25) is 0 Å². The third kappa shape index (κ3) is 4.94. The van der Waals surface area contributed by atoms with Crippen LogP contribution in [-0.2, 0) is 4.79 Å². The van der Waals surface area contributed by atoms with E-state index < -0.39 is 5.97 Å². The number of carbonyl (C=O) groups is 2. The molecule has 1 aliphatic heterocycles. The predicted molar refractivity (Wildman–Crippen MR) is 69.4 cm³/mol. The van der Waals surface area contributed by atoms with Crippen molar-refractivity contribution in [2.45, 2.75) is 39.5 Å². The quantitative estimate of drug-likeness (QED) is 0.731. The van der Waals surface area contributed by atoms with Crippen LogP contribution >= 0.6 is 0 Å². The molecular formula is C13H24N2O3. The number of carbonyl (C=O) groups excluding carboxylic acids is 1. The van der Waals surface area contributed by atoms with E-state index >= 15 is 0 Å². The topological polar surface area (TPSA) is 69.6 Å². The number of nitrogens with zero attached hydrogens (tertiary/aromatic N) is 1. The predicted octanol–water partition coefficient (Wildman–Crippen LogP) is 1.93. The van der Waals surface area contributed by atoms with E-state index in [4.69, 9.17) is 5.11 Å². The van der Waals surface area contributed by atoms with Crippen LogP contribution in [0, 0.1) is 11.8 Å². The van der Waals surface area contributed by atoms with E-state index in [2.05, 4.69) is 19.2 Å². The first-order valence-corrected chi connectivity index (χ1v) is 6.75. The van der Waals surface area contributed by atoms with Gasteiger partial charge in [-0.25, -0.2) is 4.79 Å². The van der Waals surface area contributed by atoms with Crippen LogP contribution in [-0.4, -0.2) is 41.6 Å². The molecule has 0 spiro atoms. The van der Waals surface area contributed by atoms with Gasteiger partial charge in [0.1, 0.15) is 0 Å². The summed E-state index contributed by atoms with van der Waals surface area (Å²) in [5.41, 5.74) is 0. The monoisotopic (exact) mass is 256 g/mol. The molecule has 0 radical (unpaired) electrons. The molecule has 5 nitrogen and oxygen atoms in total. The number of aliphatic carboxylic acids is 1. The molecule has 1 atom stereocenters. The second-order valence-electron chi connectivity index (χ2n) is 5.30. The fraction of sp³-hybridized carbons (Fsp3) is 0.846. The number of hydrogen-bond acceptors (Lipinski definition) is 2. The number of carboxylic acids is 1. The Morgan fingerprint density at radius 1 is 1.44 bits per heavy atom. The molecule has 0 aromatic carbocycles. The van der Waals surface area contributed by atoms with Gasteiger partial charge < -0.3 is 15.3 Å². The summed E-state index contributed by atoms with van der Waals surface area (Å²) in [4.78, 5) is 24.0. The van der Waals surface area contributed by atoms with Crippen LogP contribution in [0.4, 0.5) is 4.79 Å². The average Bonchev–Trinajstić information content (AvgIpc) is 2.30. The maximum atomic E-state index is 11.6. The SMILES string of the molecule is CC(C)C(CCC(=O)O)CCN1CCCNC1=O. The van der Waals surface area contributed by atoms with Gasteiger partial charge in [-0.05, 0) is 31.1 Å². The normalized spacial score (nSPS) is 17.7. The minimum atomic E-state index is -0.739. The van der Waals surface area contributed by atoms with E-state index in [0.29, 0.717) is 18.3 Å². The van der Waals surface area contributed by atoms with E-state index in [0.717, 1.165) is 32.5 Å². The third-order valence-corrected chi connectivity index (χ3v) is 3.61. The molecule has 0 aromatic rings. The Morgan fingerprint density at radius 2 is 2.17 bits per heavy atom. The third-order valence-electron chi connectivity index (χ3n) is 3.61. The molecule has 1 unspecified atom stereocenters. The zero-order valence-electron chi connectivity index (χ0n) is 11.3. The van der Waals surface area contributed by atoms with Gasteiger partial charge in [0.25, 0.3) is 0 Å². The molecule has 18 heavy (non-hydrogen) atoms. The van der Waals surface area contributed by atoms with Gasteiger partial charge in [0.15, 0.2) is 0 Å². The van der Waals surface area contributed by atoms with Crippen molar-refractivity contribution < 1.29 is 14.7 Å². The van der Waals surface area contributed by atoms with Crippen molar-refractivity contribution in [1.29, 1.82) is 0 Å². The summed E-state index contributed by atoms with van der Waals surface area (Å²) in [5.74, 6) is 0.0874. The standard InChI is InChI=1S/C13H24N2O3/c1-10(2)11(4-5-12(16)17)6-9-15-8-3-7-14-13(15)18/h10-11H,3-9H2,1-2H3,(H,14,18)(H,16,17). The van der Waals surface area contributed by atoms with Crippen LogP contribution in [0.2, 0.25) is 0 Å². The summed E-state index contributed by atoms with van der Waals surface area (Å²) >= 11 is 0. The first-order valence-electron chi connectivity index (χ1n) is 6.75. The molecule has 2 amide bonds. The van der Waals surface area contributed by atoms with Gasteiger partial charge >= 0.3 is 12.0 Å². The molecule has 1 saturated heterocycles. The molecule has 0 bridgehead atoms. The smallest absolute Gasteiger partial charge is 0.317 e. The summed E-state index contributed by atoms with van der Waals surface area (Å²) in [5, 5.41) is 11.6. The van der Waals surface area contributed by atoms with E-state index in [-0.39, 0.29) is 12.5 Å². The highest BCUT2D eigenvalue weighted by Gasteiger charge is 2.20. The maximum absolute atomic E-state index is 11.6. The highest BCUT2D eigenvalue weighted by molar-refractivity contribution is 5.74. The van der Waals surface area contributed by atoms with E-state index in [9.17, 15) is 9.59 Å². The van der Waals surface area contributed by atoms with Crippen LogP contribution in [0.3, 0.4) is 0 Å². The Morgan fingerprint density at radius 3 is 2.72 bits per heavy atom. The van der Waals surface area contributed by atoms with Crippen molar-refractivity contribution in [1.82, 2.24) is 10.2 Å². The number of amides is 2. The van der Waals surface area contributed by atoms with Crippen LogP contribution in [0.15, 0.2) is 0 Å². The Bertz CT molecular complexity index is 292. The molecule has 5 heteroatoms. The maximum Gasteiger partial charge on any atom is 0.317 e. The zero-order valence-corrected chi connectivity index (χ0v) is 11.3. The molecule has 1 aliphatic rings.